The van der Waals surface area contributed by atoms with Gasteiger partial charge in [-0.05, 0) is 67.4 Å². The summed E-state index contributed by atoms with van der Waals surface area (Å²) in [4.78, 5) is 70.9. The number of para-hydroxylation sites is 1. The third-order valence-electron chi connectivity index (χ3n) is 10.6. The lowest BCUT2D eigenvalue weighted by atomic mass is 9.83. The summed E-state index contributed by atoms with van der Waals surface area (Å²) in [6.07, 6.45) is 7.22. The molecule has 230 valence electrons. The van der Waals surface area contributed by atoms with Gasteiger partial charge in [0.25, 0.3) is 5.91 Å². The highest BCUT2D eigenvalue weighted by molar-refractivity contribution is 6.01. The highest BCUT2D eigenvalue weighted by atomic mass is 16.2. The van der Waals surface area contributed by atoms with Crippen molar-refractivity contribution in [2.45, 2.75) is 83.3 Å². The predicted molar refractivity (Wildman–Crippen MR) is 161 cm³/mol. The van der Waals surface area contributed by atoms with Gasteiger partial charge < -0.3 is 30.6 Å². The number of aromatic nitrogens is 1. The Labute approximate surface area is 252 Å². The van der Waals surface area contributed by atoms with Gasteiger partial charge in [-0.2, -0.15) is 0 Å². The van der Waals surface area contributed by atoms with E-state index in [0.29, 0.717) is 31.5 Å². The van der Waals surface area contributed by atoms with E-state index in [2.05, 4.69) is 34.8 Å². The number of piperidine rings is 2. The summed E-state index contributed by atoms with van der Waals surface area (Å²) >= 11 is 0. The van der Waals surface area contributed by atoms with Gasteiger partial charge in [0.1, 0.15) is 24.1 Å². The summed E-state index contributed by atoms with van der Waals surface area (Å²) in [6, 6.07) is 7.16. The molecule has 3 heterocycles. The molecular formula is C33H43N5O5. The molecular weight excluding hydrogens is 546 g/mol. The highest BCUT2D eigenvalue weighted by Gasteiger charge is 2.69. The normalized spacial score (nSPS) is 28.0. The number of nitrogens with zero attached hydrogens (tertiary/aromatic N) is 1. The van der Waals surface area contributed by atoms with Gasteiger partial charge in [-0.1, -0.05) is 51.3 Å². The minimum absolute atomic E-state index is 0.0178. The molecule has 6 atom stereocenters. The second kappa shape index (κ2) is 11.8. The third kappa shape index (κ3) is 5.68. The molecule has 43 heavy (non-hydrogen) atoms. The van der Waals surface area contributed by atoms with Gasteiger partial charge in [-0.25, -0.2) is 0 Å². The van der Waals surface area contributed by atoms with E-state index in [1.165, 1.54) is 0 Å². The van der Waals surface area contributed by atoms with E-state index in [1.54, 1.807) is 11.0 Å². The van der Waals surface area contributed by atoms with Crippen molar-refractivity contribution in [2.75, 3.05) is 13.1 Å². The lowest BCUT2D eigenvalue weighted by Crippen LogP contribution is -2.59. The first-order valence-electron chi connectivity index (χ1n) is 15.9. The lowest BCUT2D eigenvalue weighted by molar-refractivity contribution is -0.143. The molecule has 0 radical (unpaired) electrons. The Morgan fingerprint density at radius 1 is 1.07 bits per heavy atom. The second-order valence-electron chi connectivity index (χ2n) is 13.6. The maximum atomic E-state index is 14.4. The Hall–Kier alpha value is -3.69. The van der Waals surface area contributed by atoms with Gasteiger partial charge in [0.05, 0.1) is 6.04 Å². The van der Waals surface area contributed by atoms with Gasteiger partial charge in [0, 0.05) is 29.9 Å². The molecule has 4 amide bonds. The van der Waals surface area contributed by atoms with Crippen molar-refractivity contribution in [3.05, 3.63) is 36.0 Å². The van der Waals surface area contributed by atoms with Crippen LogP contribution in [0.25, 0.3) is 10.9 Å². The number of H-pyrrole nitrogens is 1. The summed E-state index contributed by atoms with van der Waals surface area (Å²) in [6.45, 7) is 5.30. The van der Waals surface area contributed by atoms with Crippen molar-refractivity contribution >= 4 is 40.8 Å². The Balaban J connectivity index is 1.22. The van der Waals surface area contributed by atoms with Crippen molar-refractivity contribution in [3.8, 4) is 0 Å². The molecule has 2 aliphatic heterocycles. The molecule has 4 fully saturated rings. The molecule has 1 aromatic carbocycles. The molecule has 2 saturated heterocycles. The van der Waals surface area contributed by atoms with Crippen LogP contribution in [0.3, 0.4) is 0 Å². The number of hydrogen-bond donors (Lipinski definition) is 4. The van der Waals surface area contributed by atoms with Crippen molar-refractivity contribution in [2.24, 2.45) is 29.1 Å². The summed E-state index contributed by atoms with van der Waals surface area (Å²) < 4.78 is 0. The molecule has 0 bridgehead atoms. The van der Waals surface area contributed by atoms with Crippen LogP contribution in [0.2, 0.25) is 0 Å². The Kier molecular flexibility index (Phi) is 8.04. The number of carbonyl (C=O) groups excluding carboxylic acids is 5. The Bertz CT molecular complexity index is 1380. The van der Waals surface area contributed by atoms with E-state index in [0.717, 1.165) is 49.4 Å². The van der Waals surface area contributed by atoms with Gasteiger partial charge in [0.2, 0.25) is 17.7 Å². The molecule has 4 N–H and O–H groups in total. The van der Waals surface area contributed by atoms with Gasteiger partial charge in [-0.15, -0.1) is 0 Å². The first kappa shape index (κ1) is 29.4. The first-order valence-corrected chi connectivity index (χ1v) is 15.9. The summed E-state index contributed by atoms with van der Waals surface area (Å²) in [5, 5.41) is 9.71. The lowest BCUT2D eigenvalue weighted by Gasteiger charge is -2.37. The zero-order valence-electron chi connectivity index (χ0n) is 25.1. The van der Waals surface area contributed by atoms with Gasteiger partial charge >= 0.3 is 0 Å². The summed E-state index contributed by atoms with van der Waals surface area (Å²) in [5.41, 5.74) is 1.14. The van der Waals surface area contributed by atoms with Crippen LogP contribution in [0.15, 0.2) is 30.3 Å². The zero-order valence-corrected chi connectivity index (χ0v) is 25.1. The van der Waals surface area contributed by atoms with E-state index in [4.69, 9.17) is 0 Å². The van der Waals surface area contributed by atoms with Crippen LogP contribution in [0, 0.1) is 29.1 Å². The summed E-state index contributed by atoms with van der Waals surface area (Å²) in [7, 11) is 0. The van der Waals surface area contributed by atoms with Crippen LogP contribution < -0.4 is 16.0 Å². The number of nitrogens with one attached hydrogen (secondary N) is 4. The van der Waals surface area contributed by atoms with Crippen molar-refractivity contribution in [1.82, 2.24) is 25.8 Å². The number of aldehydes is 1. The van der Waals surface area contributed by atoms with Crippen molar-refractivity contribution in [3.63, 3.8) is 0 Å². The largest absolute Gasteiger partial charge is 0.356 e. The van der Waals surface area contributed by atoms with Gasteiger partial charge in [0.15, 0.2) is 0 Å². The molecule has 10 heteroatoms. The van der Waals surface area contributed by atoms with Crippen LogP contribution in [-0.2, 0) is 19.2 Å². The second-order valence-corrected chi connectivity index (χ2v) is 13.6. The average molecular weight is 590 g/mol. The molecule has 6 rings (SSSR count). The van der Waals surface area contributed by atoms with E-state index in [1.807, 2.05) is 24.3 Å². The molecule has 0 spiro atoms. The first-order chi connectivity index (χ1) is 20.7. The Morgan fingerprint density at radius 2 is 1.84 bits per heavy atom. The smallest absolute Gasteiger partial charge is 0.268 e. The van der Waals surface area contributed by atoms with Crippen LogP contribution in [0.5, 0.6) is 0 Å². The van der Waals surface area contributed by atoms with E-state index in [9.17, 15) is 24.0 Å². The summed E-state index contributed by atoms with van der Waals surface area (Å²) in [5.74, 6) is -1.22. The number of hydrogen-bond acceptors (Lipinski definition) is 5. The maximum Gasteiger partial charge on any atom is 0.268 e. The van der Waals surface area contributed by atoms with Crippen molar-refractivity contribution in [1.29, 1.82) is 0 Å². The van der Waals surface area contributed by atoms with Crippen LogP contribution >= 0.6 is 0 Å². The monoisotopic (exact) mass is 589 g/mol. The number of benzene rings is 1. The van der Waals surface area contributed by atoms with Crippen LogP contribution in [0.4, 0.5) is 0 Å². The van der Waals surface area contributed by atoms with E-state index >= 15 is 0 Å². The van der Waals surface area contributed by atoms with E-state index in [-0.39, 0.29) is 59.1 Å². The fraction of sp³-hybridized carbons (Fsp3) is 0.606. The molecule has 1 aromatic heterocycles. The quantitative estimate of drug-likeness (QED) is 0.333. The standard InChI is InChI=1S/C33H43N5O5/c1-33(2)23-17-38(28(26(23)33)31(42)35-22(18-39)15-21-12-8-14-34-29(21)40)32(43)27(19-9-4-3-5-10-19)37-30(41)25-16-20-11-6-7-13-24(20)36-25/h6-7,11,13,16,18-19,21-23,26-28,36H,3-5,8-10,12,14-15,17H2,1-2H3,(H,34,40)(H,35,42)(H,37,41)/t21-,22-,23-,26-,27-,28-/m0/s1. The minimum Gasteiger partial charge on any atom is -0.356 e. The number of carbonyl (C=O) groups is 5. The zero-order chi connectivity index (χ0) is 30.3. The number of rotatable bonds is 9. The Morgan fingerprint density at radius 3 is 2.56 bits per heavy atom. The van der Waals surface area contributed by atoms with Crippen molar-refractivity contribution < 1.29 is 24.0 Å². The topological polar surface area (TPSA) is 140 Å². The fourth-order valence-corrected chi connectivity index (χ4v) is 8.04. The molecule has 4 aliphatic rings. The fourth-order valence-electron chi connectivity index (χ4n) is 8.04. The van der Waals surface area contributed by atoms with E-state index < -0.39 is 18.1 Å². The number of likely N-dealkylation sites (tertiary alicyclic amines) is 1. The third-order valence-corrected chi connectivity index (χ3v) is 10.6. The molecule has 10 nitrogen and oxygen atoms in total. The van der Waals surface area contributed by atoms with Crippen LogP contribution in [-0.4, -0.2) is 71.0 Å². The SMILES string of the molecule is CC1(C)[C@@H]2[C@@H](C(=O)N[C@H](C=O)C[C@@H]3CCCNC3=O)N(C(=O)[C@@H](NC(=O)c3cc4ccccc4[nH]3)C3CCCCC3)C[C@@H]21. The molecule has 0 unspecified atom stereocenters. The number of aromatic amines is 1. The van der Waals surface area contributed by atoms with Gasteiger partial charge in [-0.3, -0.25) is 19.2 Å². The predicted octanol–water partition coefficient (Wildman–Crippen LogP) is 2.93. The number of amides is 4. The highest BCUT2D eigenvalue weighted by Crippen LogP contribution is 2.65. The maximum absolute atomic E-state index is 14.4. The average Bonchev–Trinajstić information content (AvgIpc) is 3.39. The minimum atomic E-state index is -0.810. The number of fused-ring (bicyclic) bond motifs is 2. The molecule has 2 aliphatic carbocycles. The molecule has 2 saturated carbocycles. The van der Waals surface area contributed by atoms with Crippen LogP contribution in [0.1, 0.15) is 75.7 Å². The molecule has 2 aromatic rings.